The van der Waals surface area contributed by atoms with E-state index in [-0.39, 0.29) is 5.41 Å². The first kappa shape index (κ1) is 12.3. The van der Waals surface area contributed by atoms with Gasteiger partial charge in [0, 0.05) is 11.2 Å². The molecule has 0 heterocycles. The molecule has 1 amide bonds. The van der Waals surface area contributed by atoms with Crippen molar-refractivity contribution in [2.45, 2.75) is 20.8 Å². The third kappa shape index (κ3) is 5.52. The number of oxime groups is 1. The zero-order chi connectivity index (χ0) is 10.5. The van der Waals surface area contributed by atoms with Crippen LogP contribution < -0.4 is 5.73 Å². The first-order valence-electron chi connectivity index (χ1n) is 3.90. The minimum atomic E-state index is -0.872. The van der Waals surface area contributed by atoms with Crippen molar-refractivity contribution in [3.63, 3.8) is 0 Å². The fourth-order valence-corrected chi connectivity index (χ4v) is 1.38. The fourth-order valence-electron chi connectivity index (χ4n) is 0.617. The Balaban J connectivity index is 4.41. The Kier molecular flexibility index (Phi) is 4.83. The molecule has 2 N–H and O–H groups in total. The first-order chi connectivity index (χ1) is 5.88. The number of nitrogens with two attached hydrogens (primary N) is 1. The summed E-state index contributed by atoms with van der Waals surface area (Å²) in [5, 5.41) is 3.71. The van der Waals surface area contributed by atoms with Crippen LogP contribution >= 0.6 is 11.8 Å². The second-order valence-corrected chi connectivity index (χ2v) is 4.50. The molecule has 0 unspecified atom stereocenters. The number of carbonyl (C=O) groups excluding carboxylic acids is 1. The standard InChI is InChI=1S/C8H16N2O2S/c1-8(2,3)6(5-13-4)10-12-7(9)11/h5H2,1-4H3,(H2,9,11). The van der Waals surface area contributed by atoms with Crippen LogP contribution in [0, 0.1) is 5.41 Å². The van der Waals surface area contributed by atoms with E-state index in [1.54, 1.807) is 11.8 Å². The van der Waals surface area contributed by atoms with E-state index in [0.717, 1.165) is 11.5 Å². The van der Waals surface area contributed by atoms with Gasteiger partial charge >= 0.3 is 6.09 Å². The fraction of sp³-hybridized carbons (Fsp3) is 0.750. The summed E-state index contributed by atoms with van der Waals surface area (Å²) < 4.78 is 0. The molecule has 76 valence electrons. The highest BCUT2D eigenvalue weighted by molar-refractivity contribution is 7.99. The van der Waals surface area contributed by atoms with Gasteiger partial charge in [-0.05, 0) is 6.26 Å². The van der Waals surface area contributed by atoms with Crippen molar-refractivity contribution in [2.75, 3.05) is 12.0 Å². The molecule has 0 rings (SSSR count). The van der Waals surface area contributed by atoms with Crippen LogP contribution in [-0.4, -0.2) is 23.8 Å². The molecule has 0 aliphatic heterocycles. The molecule has 0 aromatic heterocycles. The van der Waals surface area contributed by atoms with Crippen molar-refractivity contribution >= 4 is 23.6 Å². The van der Waals surface area contributed by atoms with Crippen molar-refractivity contribution in [3.05, 3.63) is 0 Å². The normalized spacial score (nSPS) is 12.8. The lowest BCUT2D eigenvalue weighted by Crippen LogP contribution is -2.24. The van der Waals surface area contributed by atoms with Gasteiger partial charge in [0.05, 0.1) is 5.71 Å². The Hall–Kier alpha value is -0.710. The SMILES string of the molecule is CSCC(=NOC(N)=O)C(C)(C)C. The Morgan fingerprint density at radius 2 is 2.08 bits per heavy atom. The van der Waals surface area contributed by atoms with Gasteiger partial charge in [-0.1, -0.05) is 25.9 Å². The lowest BCUT2D eigenvalue weighted by molar-refractivity contribution is 0.160. The molecular formula is C8H16N2O2S. The molecule has 0 saturated heterocycles. The molecule has 4 nitrogen and oxygen atoms in total. The molecule has 0 aromatic rings. The van der Waals surface area contributed by atoms with Gasteiger partial charge in [0.1, 0.15) is 0 Å². The average Bonchev–Trinajstić information content (AvgIpc) is 1.95. The van der Waals surface area contributed by atoms with Crippen molar-refractivity contribution in [3.8, 4) is 0 Å². The molecule has 0 fully saturated rings. The van der Waals surface area contributed by atoms with Gasteiger partial charge in [0.25, 0.3) is 0 Å². The first-order valence-corrected chi connectivity index (χ1v) is 5.30. The Morgan fingerprint density at radius 3 is 2.38 bits per heavy atom. The summed E-state index contributed by atoms with van der Waals surface area (Å²) in [6.07, 6.45) is 1.09. The molecule has 5 heteroatoms. The molecule has 0 aliphatic carbocycles. The van der Waals surface area contributed by atoms with E-state index in [9.17, 15) is 4.79 Å². The number of nitrogens with zero attached hydrogens (tertiary/aromatic N) is 1. The second-order valence-electron chi connectivity index (χ2n) is 3.63. The quantitative estimate of drug-likeness (QED) is 0.433. The number of amides is 1. The number of hydrogen-bond acceptors (Lipinski definition) is 4. The molecule has 0 aromatic carbocycles. The van der Waals surface area contributed by atoms with E-state index in [4.69, 9.17) is 5.73 Å². The molecule has 0 aliphatic rings. The lowest BCUT2D eigenvalue weighted by Gasteiger charge is -2.19. The highest BCUT2D eigenvalue weighted by atomic mass is 32.2. The van der Waals surface area contributed by atoms with E-state index >= 15 is 0 Å². The number of primary amides is 1. The highest BCUT2D eigenvalue weighted by Crippen LogP contribution is 2.18. The smallest absolute Gasteiger partial charge is 0.333 e. The molecule has 0 atom stereocenters. The van der Waals surface area contributed by atoms with Gasteiger partial charge in [0.2, 0.25) is 0 Å². The predicted octanol–water partition coefficient (Wildman–Crippen LogP) is 1.85. The van der Waals surface area contributed by atoms with E-state index in [2.05, 4.69) is 9.99 Å². The van der Waals surface area contributed by atoms with Gasteiger partial charge in [0.15, 0.2) is 0 Å². The van der Waals surface area contributed by atoms with Crippen LogP contribution in [0.25, 0.3) is 0 Å². The number of rotatable bonds is 3. The molecule has 0 radical (unpaired) electrons. The molecule has 13 heavy (non-hydrogen) atoms. The van der Waals surface area contributed by atoms with Gasteiger partial charge in [-0.15, -0.1) is 0 Å². The Labute approximate surface area is 82.9 Å². The average molecular weight is 204 g/mol. The van der Waals surface area contributed by atoms with Crippen molar-refractivity contribution in [1.82, 2.24) is 0 Å². The second kappa shape index (κ2) is 5.11. The maximum absolute atomic E-state index is 10.3. The summed E-state index contributed by atoms with van der Waals surface area (Å²) in [5.41, 5.74) is 5.52. The highest BCUT2D eigenvalue weighted by Gasteiger charge is 2.19. The number of hydrogen-bond donors (Lipinski definition) is 1. The summed E-state index contributed by atoms with van der Waals surface area (Å²) in [6, 6.07) is 0. The van der Waals surface area contributed by atoms with Gasteiger partial charge in [-0.3, -0.25) is 4.84 Å². The van der Waals surface area contributed by atoms with E-state index in [1.807, 2.05) is 27.0 Å². The Morgan fingerprint density at radius 1 is 1.54 bits per heavy atom. The Bertz CT molecular complexity index is 209. The van der Waals surface area contributed by atoms with Crippen LogP contribution in [0.3, 0.4) is 0 Å². The summed E-state index contributed by atoms with van der Waals surface area (Å²) in [7, 11) is 0. The van der Waals surface area contributed by atoms with Gasteiger partial charge in [-0.25, -0.2) is 4.79 Å². The summed E-state index contributed by atoms with van der Waals surface area (Å²) in [5.74, 6) is 0.733. The van der Waals surface area contributed by atoms with Gasteiger partial charge < -0.3 is 5.73 Å². The topological polar surface area (TPSA) is 64.7 Å². The largest absolute Gasteiger partial charge is 0.430 e. The van der Waals surface area contributed by atoms with Crippen molar-refractivity contribution in [2.24, 2.45) is 16.3 Å². The predicted molar refractivity (Wildman–Crippen MR) is 55.9 cm³/mol. The molecule has 0 spiro atoms. The van der Waals surface area contributed by atoms with Crippen LogP contribution in [0.1, 0.15) is 20.8 Å². The van der Waals surface area contributed by atoms with E-state index < -0.39 is 6.09 Å². The third-order valence-corrected chi connectivity index (χ3v) is 1.95. The van der Waals surface area contributed by atoms with E-state index in [1.165, 1.54) is 0 Å². The maximum atomic E-state index is 10.3. The zero-order valence-corrected chi connectivity index (χ0v) is 9.27. The van der Waals surface area contributed by atoms with Crippen molar-refractivity contribution in [1.29, 1.82) is 0 Å². The van der Waals surface area contributed by atoms with Crippen molar-refractivity contribution < 1.29 is 9.63 Å². The maximum Gasteiger partial charge on any atom is 0.430 e. The van der Waals surface area contributed by atoms with Crippen LogP contribution in [0.2, 0.25) is 0 Å². The van der Waals surface area contributed by atoms with Crippen LogP contribution in [0.5, 0.6) is 0 Å². The zero-order valence-electron chi connectivity index (χ0n) is 8.46. The molecular weight excluding hydrogens is 188 g/mol. The monoisotopic (exact) mass is 204 g/mol. The minimum absolute atomic E-state index is 0.0987. The number of carbonyl (C=O) groups is 1. The minimum Gasteiger partial charge on any atom is -0.333 e. The number of thioether (sulfide) groups is 1. The van der Waals surface area contributed by atoms with Gasteiger partial charge in [-0.2, -0.15) is 11.8 Å². The van der Waals surface area contributed by atoms with Crippen LogP contribution in [-0.2, 0) is 4.84 Å². The summed E-state index contributed by atoms with van der Waals surface area (Å²) >= 11 is 1.63. The molecule has 0 bridgehead atoms. The summed E-state index contributed by atoms with van der Waals surface area (Å²) in [4.78, 5) is 14.7. The third-order valence-electron chi connectivity index (χ3n) is 1.39. The molecule has 0 saturated carbocycles. The van der Waals surface area contributed by atoms with Crippen LogP contribution in [0.4, 0.5) is 4.79 Å². The van der Waals surface area contributed by atoms with Crippen LogP contribution in [0.15, 0.2) is 5.16 Å². The lowest BCUT2D eigenvalue weighted by atomic mass is 9.91. The van der Waals surface area contributed by atoms with E-state index in [0.29, 0.717) is 0 Å². The summed E-state index contributed by atoms with van der Waals surface area (Å²) in [6.45, 7) is 6.02.